The highest BCUT2D eigenvalue weighted by atomic mass is 31.2. The van der Waals surface area contributed by atoms with E-state index in [1.54, 1.807) is 0 Å². The van der Waals surface area contributed by atoms with Crippen LogP contribution in [0.3, 0.4) is 0 Å². The first-order chi connectivity index (χ1) is 18.9. The lowest BCUT2D eigenvalue weighted by atomic mass is 10.1. The number of aliphatic hydroxyl groups is 1. The molecular formula is C18H28N8O12P2. The van der Waals surface area contributed by atoms with Crippen molar-refractivity contribution >= 4 is 38.1 Å². The summed E-state index contributed by atoms with van der Waals surface area (Å²) in [5.41, 5.74) is 14.4. The lowest BCUT2D eigenvalue weighted by Crippen LogP contribution is -2.37. The number of ether oxygens (including phenoxy) is 4. The van der Waals surface area contributed by atoms with Gasteiger partial charge in [0, 0.05) is 11.5 Å². The molecule has 0 aromatic carbocycles. The fourth-order valence-electron chi connectivity index (χ4n) is 3.57. The second kappa shape index (κ2) is 14.2. The van der Waals surface area contributed by atoms with Gasteiger partial charge < -0.3 is 49.0 Å². The van der Waals surface area contributed by atoms with Crippen LogP contribution in [-0.2, 0) is 37.4 Å². The van der Waals surface area contributed by atoms with Crippen LogP contribution in [-0.4, -0.2) is 109 Å². The number of anilines is 1. The van der Waals surface area contributed by atoms with Crippen molar-refractivity contribution in [2.45, 2.75) is 31.0 Å². The molecule has 222 valence electrons. The summed E-state index contributed by atoms with van der Waals surface area (Å²) in [6, 6.07) is 0. The predicted octanol–water partition coefficient (Wildman–Crippen LogP) is -0.351. The minimum atomic E-state index is -4.89. The fourth-order valence-corrected chi connectivity index (χ4v) is 6.13. The van der Waals surface area contributed by atoms with E-state index in [0.29, 0.717) is 0 Å². The summed E-state index contributed by atoms with van der Waals surface area (Å²) >= 11 is 0. The van der Waals surface area contributed by atoms with Crippen LogP contribution < -0.4 is 5.73 Å². The molecule has 5 atom stereocenters. The monoisotopic (exact) mass is 610 g/mol. The van der Waals surface area contributed by atoms with Crippen molar-refractivity contribution in [3.63, 3.8) is 0 Å². The molecule has 0 radical (unpaired) electrons. The predicted molar refractivity (Wildman–Crippen MR) is 132 cm³/mol. The maximum absolute atomic E-state index is 12.5. The van der Waals surface area contributed by atoms with Crippen molar-refractivity contribution in [1.82, 2.24) is 19.5 Å². The van der Waals surface area contributed by atoms with Gasteiger partial charge in [0.15, 0.2) is 29.7 Å². The Morgan fingerprint density at radius 1 is 1.18 bits per heavy atom. The number of imidazole rings is 1. The minimum Gasteiger partial charge on any atom is -0.455 e. The van der Waals surface area contributed by atoms with Crippen molar-refractivity contribution in [3.8, 4) is 0 Å². The van der Waals surface area contributed by atoms with E-state index >= 15 is 0 Å². The number of rotatable bonds is 16. The van der Waals surface area contributed by atoms with Crippen LogP contribution in [0, 0.1) is 0 Å². The van der Waals surface area contributed by atoms with E-state index in [2.05, 4.69) is 25.0 Å². The number of nitrogens with two attached hydrogens (primary N) is 1. The first-order valence-electron chi connectivity index (χ1n) is 11.5. The highest BCUT2D eigenvalue weighted by Gasteiger charge is 2.49. The van der Waals surface area contributed by atoms with Gasteiger partial charge in [0.1, 0.15) is 24.1 Å². The molecule has 2 aromatic heterocycles. The van der Waals surface area contributed by atoms with Crippen LogP contribution in [0.2, 0.25) is 0 Å². The molecule has 0 spiro atoms. The Labute approximate surface area is 225 Å². The number of carbonyl (C=O) groups is 1. The highest BCUT2D eigenvalue weighted by molar-refractivity contribution is 7.70. The second-order valence-corrected chi connectivity index (χ2v) is 12.3. The van der Waals surface area contributed by atoms with Crippen LogP contribution in [0.25, 0.3) is 21.6 Å². The number of nitrogens with zero attached hydrogens (tertiary/aromatic N) is 7. The zero-order chi connectivity index (χ0) is 29.3. The average Bonchev–Trinajstić information content (AvgIpc) is 3.42. The Bertz CT molecular complexity index is 1300. The molecule has 1 saturated heterocycles. The zero-order valence-electron chi connectivity index (χ0n) is 20.8. The fraction of sp³-hybridized carbons (Fsp3) is 0.667. The second-order valence-electron chi connectivity index (χ2n) is 8.26. The van der Waals surface area contributed by atoms with E-state index in [0.717, 1.165) is 6.33 Å². The summed E-state index contributed by atoms with van der Waals surface area (Å²) in [7, 11) is -9.65. The molecule has 0 aliphatic carbocycles. The van der Waals surface area contributed by atoms with Gasteiger partial charge in [-0.05, 0) is 5.53 Å². The zero-order valence-corrected chi connectivity index (χ0v) is 22.6. The normalized spacial score (nSPS) is 22.6. The summed E-state index contributed by atoms with van der Waals surface area (Å²) in [6.07, 6.45) is -3.42. The summed E-state index contributed by atoms with van der Waals surface area (Å²) in [4.78, 5) is 54.9. The molecule has 0 bridgehead atoms. The van der Waals surface area contributed by atoms with E-state index in [-0.39, 0.29) is 56.4 Å². The SMILES string of the molecule is [N-]=[N+]=NCCOCCOCCC(=O)OC1C(O)C(COP(=O)(O)CP(=O)(O)O)OC1n1cnc2c(N)ncnc21. The molecule has 3 rings (SSSR count). The standard InChI is InChI=1S/C18H28N8O12P2/c19-16-13-17(22-8-21-16)26(9-23-13)18-15(38-12(27)1-3-34-5-6-35-4-2-24-25-20)14(28)11(37-18)7-36-40(32,33)10-39(29,30)31/h8-9,11,14-15,18,28H,1-7,10H2,(H,32,33)(H2,19,21,22)(H2,29,30,31). The quantitative estimate of drug-likeness (QED) is 0.0405. The lowest BCUT2D eigenvalue weighted by Gasteiger charge is -2.22. The van der Waals surface area contributed by atoms with Gasteiger partial charge in [-0.3, -0.25) is 18.5 Å². The molecule has 0 saturated carbocycles. The summed E-state index contributed by atoms with van der Waals surface area (Å²) in [5, 5.41) is 14.2. The van der Waals surface area contributed by atoms with Gasteiger partial charge in [0.2, 0.25) is 0 Å². The van der Waals surface area contributed by atoms with Gasteiger partial charge >= 0.3 is 21.2 Å². The smallest absolute Gasteiger partial charge is 0.340 e. The maximum atomic E-state index is 12.5. The Morgan fingerprint density at radius 3 is 2.60 bits per heavy atom. The van der Waals surface area contributed by atoms with E-state index in [4.69, 9.17) is 44.5 Å². The van der Waals surface area contributed by atoms with Crippen LogP contribution >= 0.6 is 15.2 Å². The van der Waals surface area contributed by atoms with Crippen LogP contribution in [0.5, 0.6) is 0 Å². The molecule has 6 N–H and O–H groups in total. The number of aliphatic hydroxyl groups excluding tert-OH is 1. The Morgan fingerprint density at radius 2 is 1.90 bits per heavy atom. The van der Waals surface area contributed by atoms with Gasteiger partial charge in [-0.2, -0.15) is 0 Å². The van der Waals surface area contributed by atoms with Crippen LogP contribution in [0.1, 0.15) is 12.6 Å². The Kier molecular flexibility index (Phi) is 11.3. The van der Waals surface area contributed by atoms with Gasteiger partial charge in [0.25, 0.3) is 0 Å². The average molecular weight is 610 g/mol. The summed E-state index contributed by atoms with van der Waals surface area (Å²) in [5.74, 6) is -2.17. The molecule has 1 fully saturated rings. The van der Waals surface area contributed by atoms with Gasteiger partial charge in [-0.15, -0.1) is 0 Å². The molecule has 1 aliphatic rings. The third-order valence-corrected chi connectivity index (χ3v) is 8.72. The third-order valence-electron chi connectivity index (χ3n) is 5.27. The molecule has 5 unspecified atom stereocenters. The largest absolute Gasteiger partial charge is 0.455 e. The molecule has 40 heavy (non-hydrogen) atoms. The molecule has 20 nitrogen and oxygen atoms in total. The first-order valence-corrected chi connectivity index (χ1v) is 15.1. The van der Waals surface area contributed by atoms with E-state index in [1.165, 1.54) is 10.9 Å². The number of fused-ring (bicyclic) bond motifs is 1. The van der Waals surface area contributed by atoms with Crippen molar-refractivity contribution in [3.05, 3.63) is 23.1 Å². The number of esters is 1. The first kappa shape index (κ1) is 31.8. The third kappa shape index (κ3) is 9.15. The summed E-state index contributed by atoms with van der Waals surface area (Å²) in [6.45, 7) is -0.0829. The molecule has 0 amide bonds. The molecule has 1 aliphatic heterocycles. The Balaban J connectivity index is 1.65. The van der Waals surface area contributed by atoms with Crippen molar-refractivity contribution in [1.29, 1.82) is 0 Å². The van der Waals surface area contributed by atoms with Crippen LogP contribution in [0.15, 0.2) is 17.8 Å². The highest BCUT2D eigenvalue weighted by Crippen LogP contribution is 2.55. The number of hydrogen-bond acceptors (Lipinski definition) is 14. The van der Waals surface area contributed by atoms with E-state index in [1.807, 2.05) is 0 Å². The van der Waals surface area contributed by atoms with Crippen LogP contribution in [0.4, 0.5) is 5.82 Å². The maximum Gasteiger partial charge on any atom is 0.340 e. The van der Waals surface area contributed by atoms with E-state index in [9.17, 15) is 23.9 Å². The van der Waals surface area contributed by atoms with Gasteiger partial charge in [0.05, 0.1) is 45.8 Å². The number of carbonyl (C=O) groups excluding carboxylic acids is 1. The number of hydrogen-bond donors (Lipinski definition) is 5. The molecule has 2 aromatic rings. The Hall–Kier alpha value is -2.73. The molecule has 22 heteroatoms. The van der Waals surface area contributed by atoms with Gasteiger partial charge in [-0.25, -0.2) is 15.0 Å². The number of aromatic nitrogens is 4. The number of azide groups is 1. The number of nitrogen functional groups attached to an aromatic ring is 1. The van der Waals surface area contributed by atoms with Crippen molar-refractivity contribution in [2.24, 2.45) is 5.11 Å². The lowest BCUT2D eigenvalue weighted by molar-refractivity contribution is -0.159. The van der Waals surface area contributed by atoms with E-state index < -0.39 is 58.2 Å². The van der Waals surface area contributed by atoms with Crippen molar-refractivity contribution in [2.75, 3.05) is 51.2 Å². The minimum absolute atomic E-state index is 0.0484. The molecular weight excluding hydrogens is 582 g/mol. The van der Waals surface area contributed by atoms with Gasteiger partial charge in [-0.1, -0.05) is 5.11 Å². The topological polar surface area (TPSA) is 297 Å². The summed E-state index contributed by atoms with van der Waals surface area (Å²) < 4.78 is 51.0. The molecule has 3 heterocycles. The van der Waals surface area contributed by atoms with Crippen molar-refractivity contribution < 1.29 is 57.2 Å².